The van der Waals surface area contributed by atoms with Crippen LogP contribution in [0.4, 0.5) is 5.69 Å². The maximum absolute atomic E-state index is 13.0. The largest absolute Gasteiger partial charge is 0.365 e. The van der Waals surface area contributed by atoms with Crippen LogP contribution in [0.1, 0.15) is 10.4 Å². The van der Waals surface area contributed by atoms with Crippen LogP contribution in [0.2, 0.25) is 10.0 Å². The van der Waals surface area contributed by atoms with Crippen molar-refractivity contribution < 1.29 is 4.79 Å². The molecular weight excluding hydrogens is 455 g/mol. The molecule has 9 heteroatoms. The molecule has 0 saturated carbocycles. The molecule has 4 rings (SSSR count). The van der Waals surface area contributed by atoms with Crippen LogP contribution in [0.15, 0.2) is 64.4 Å². The number of para-hydroxylation sites is 1. The fraction of sp³-hybridized carbons (Fsp3) is 0.227. The van der Waals surface area contributed by atoms with Gasteiger partial charge in [-0.3, -0.25) is 9.59 Å². The molecule has 160 valence electrons. The first-order valence-electron chi connectivity index (χ1n) is 9.70. The van der Waals surface area contributed by atoms with Gasteiger partial charge in [-0.15, -0.1) is 11.8 Å². The number of carbonyl (C=O) groups is 1. The number of anilines is 1. The Bertz CT molecular complexity index is 1160. The molecule has 1 aliphatic rings. The number of nitrogens with zero attached hydrogens (tertiary/aromatic N) is 4. The average Bonchev–Trinajstić information content (AvgIpc) is 2.81. The van der Waals surface area contributed by atoms with Crippen molar-refractivity contribution in [3.05, 3.63) is 80.7 Å². The molecule has 1 aromatic heterocycles. The molecule has 2 aromatic carbocycles. The normalized spacial score (nSPS) is 14.0. The van der Waals surface area contributed by atoms with Gasteiger partial charge in [-0.1, -0.05) is 41.4 Å². The van der Waals surface area contributed by atoms with E-state index in [0.29, 0.717) is 48.1 Å². The van der Waals surface area contributed by atoms with Gasteiger partial charge in [0.2, 0.25) is 0 Å². The lowest BCUT2D eigenvalue weighted by atomic mass is 10.1. The Kier molecular flexibility index (Phi) is 6.55. The van der Waals surface area contributed by atoms with Gasteiger partial charge in [0, 0.05) is 31.1 Å². The molecule has 1 saturated heterocycles. The van der Waals surface area contributed by atoms with E-state index >= 15 is 0 Å². The summed E-state index contributed by atoms with van der Waals surface area (Å²) in [4.78, 5) is 30.5. The van der Waals surface area contributed by atoms with Crippen LogP contribution in [-0.4, -0.2) is 53.0 Å². The fourth-order valence-electron chi connectivity index (χ4n) is 3.51. The first-order chi connectivity index (χ1) is 15.0. The summed E-state index contributed by atoms with van der Waals surface area (Å²) in [7, 11) is 0. The Labute approximate surface area is 194 Å². The summed E-state index contributed by atoms with van der Waals surface area (Å²) in [5.74, 6) is -0.0933. The highest BCUT2D eigenvalue weighted by Crippen LogP contribution is 2.26. The van der Waals surface area contributed by atoms with Gasteiger partial charge in [-0.05, 0) is 36.6 Å². The number of hydrogen-bond acceptors (Lipinski definition) is 5. The lowest BCUT2D eigenvalue weighted by Gasteiger charge is -2.36. The lowest BCUT2D eigenvalue weighted by Crippen LogP contribution is -2.49. The Balaban J connectivity index is 1.50. The SMILES string of the molecule is CSc1ccc(Cl)c(C(=O)N2CCN(c3cnn(-c4ccccc4)c(=O)c3Cl)CC2)c1. The Morgan fingerprint density at radius 1 is 1.03 bits per heavy atom. The van der Waals surface area contributed by atoms with Crippen molar-refractivity contribution in [3.63, 3.8) is 0 Å². The molecule has 0 N–H and O–H groups in total. The molecule has 0 aliphatic carbocycles. The second-order valence-electron chi connectivity index (χ2n) is 7.02. The summed E-state index contributed by atoms with van der Waals surface area (Å²) >= 11 is 14.2. The standard InChI is InChI=1S/C22H20Cl2N4O2S/c1-31-16-7-8-18(23)17(13-16)21(29)27-11-9-26(10-12-27)19-14-25-28(22(30)20(19)24)15-5-3-2-4-6-15/h2-8,13-14H,9-12H2,1H3. The van der Waals surface area contributed by atoms with E-state index in [-0.39, 0.29) is 16.5 Å². The van der Waals surface area contributed by atoms with E-state index < -0.39 is 0 Å². The van der Waals surface area contributed by atoms with Crippen LogP contribution in [0, 0.1) is 0 Å². The fourth-order valence-corrected chi connectivity index (χ4v) is 4.40. The third-order valence-electron chi connectivity index (χ3n) is 5.21. The molecule has 0 radical (unpaired) electrons. The van der Waals surface area contributed by atoms with Gasteiger partial charge in [-0.25, -0.2) is 0 Å². The molecule has 31 heavy (non-hydrogen) atoms. The van der Waals surface area contributed by atoms with Crippen LogP contribution >= 0.6 is 35.0 Å². The Morgan fingerprint density at radius 3 is 2.42 bits per heavy atom. The third kappa shape index (κ3) is 4.44. The topological polar surface area (TPSA) is 58.4 Å². The second kappa shape index (κ2) is 9.34. The van der Waals surface area contributed by atoms with Gasteiger partial charge in [0.15, 0.2) is 0 Å². The minimum absolute atomic E-state index is 0.0933. The third-order valence-corrected chi connectivity index (χ3v) is 6.62. The quantitative estimate of drug-likeness (QED) is 0.529. The zero-order valence-electron chi connectivity index (χ0n) is 16.8. The molecule has 0 bridgehead atoms. The van der Waals surface area contributed by atoms with Crippen LogP contribution < -0.4 is 10.5 Å². The maximum atomic E-state index is 13.0. The van der Waals surface area contributed by atoms with E-state index in [1.54, 1.807) is 41.1 Å². The predicted octanol–water partition coefficient (Wildman–Crippen LogP) is 4.22. The van der Waals surface area contributed by atoms with Crippen molar-refractivity contribution in [2.45, 2.75) is 4.90 Å². The molecule has 3 aromatic rings. The Hall–Kier alpha value is -2.48. The van der Waals surface area contributed by atoms with Crippen molar-refractivity contribution in [3.8, 4) is 5.69 Å². The number of piperazine rings is 1. The number of amides is 1. The van der Waals surface area contributed by atoms with Crippen LogP contribution in [0.5, 0.6) is 0 Å². The van der Waals surface area contributed by atoms with Gasteiger partial charge >= 0.3 is 0 Å². The monoisotopic (exact) mass is 474 g/mol. The van der Waals surface area contributed by atoms with Crippen LogP contribution in [-0.2, 0) is 0 Å². The number of aromatic nitrogens is 2. The summed E-state index contributed by atoms with van der Waals surface area (Å²) in [5, 5.41) is 4.86. The molecular formula is C22H20Cl2N4O2S. The molecule has 0 unspecified atom stereocenters. The summed E-state index contributed by atoms with van der Waals surface area (Å²) in [6.45, 7) is 2.08. The molecule has 1 aliphatic heterocycles. The molecule has 0 atom stereocenters. The lowest BCUT2D eigenvalue weighted by molar-refractivity contribution is 0.0746. The van der Waals surface area contributed by atoms with E-state index in [9.17, 15) is 9.59 Å². The molecule has 1 fully saturated rings. The van der Waals surface area contributed by atoms with Crippen LogP contribution in [0.25, 0.3) is 5.69 Å². The average molecular weight is 475 g/mol. The zero-order valence-corrected chi connectivity index (χ0v) is 19.1. The first-order valence-corrected chi connectivity index (χ1v) is 11.7. The number of hydrogen-bond donors (Lipinski definition) is 0. The van der Waals surface area contributed by atoms with Gasteiger partial charge in [0.05, 0.1) is 28.2 Å². The summed E-state index contributed by atoms with van der Waals surface area (Å²) < 4.78 is 1.28. The number of rotatable bonds is 4. The van der Waals surface area contributed by atoms with Crippen molar-refractivity contribution >= 4 is 46.6 Å². The summed E-state index contributed by atoms with van der Waals surface area (Å²) in [6, 6.07) is 14.6. The minimum Gasteiger partial charge on any atom is -0.365 e. The maximum Gasteiger partial charge on any atom is 0.292 e. The molecule has 1 amide bonds. The number of carbonyl (C=O) groups excluding carboxylic acids is 1. The van der Waals surface area contributed by atoms with E-state index in [1.807, 2.05) is 41.5 Å². The van der Waals surface area contributed by atoms with Crippen LogP contribution in [0.3, 0.4) is 0 Å². The molecule has 0 spiro atoms. The zero-order chi connectivity index (χ0) is 22.0. The second-order valence-corrected chi connectivity index (χ2v) is 8.69. The Morgan fingerprint density at radius 2 is 1.74 bits per heavy atom. The van der Waals surface area contributed by atoms with Gasteiger partial charge in [-0.2, -0.15) is 9.78 Å². The minimum atomic E-state index is -0.371. The van der Waals surface area contributed by atoms with Crippen molar-refractivity contribution in [2.75, 3.05) is 37.3 Å². The van der Waals surface area contributed by atoms with Crippen molar-refractivity contribution in [1.29, 1.82) is 0 Å². The number of halogens is 2. The smallest absolute Gasteiger partial charge is 0.292 e. The van der Waals surface area contributed by atoms with E-state index in [0.717, 1.165) is 4.90 Å². The van der Waals surface area contributed by atoms with E-state index in [2.05, 4.69) is 5.10 Å². The highest BCUT2D eigenvalue weighted by molar-refractivity contribution is 7.98. The van der Waals surface area contributed by atoms with Gasteiger partial charge < -0.3 is 9.80 Å². The van der Waals surface area contributed by atoms with E-state index in [4.69, 9.17) is 23.2 Å². The summed E-state index contributed by atoms with van der Waals surface area (Å²) in [5.41, 5.74) is 1.37. The first kappa shape index (κ1) is 21.7. The van der Waals surface area contributed by atoms with Gasteiger partial charge in [0.25, 0.3) is 11.5 Å². The molecule has 6 nitrogen and oxygen atoms in total. The number of benzene rings is 2. The predicted molar refractivity (Wildman–Crippen MR) is 126 cm³/mol. The highest BCUT2D eigenvalue weighted by Gasteiger charge is 2.26. The number of thioether (sulfide) groups is 1. The molecule has 2 heterocycles. The highest BCUT2D eigenvalue weighted by atomic mass is 35.5. The van der Waals surface area contributed by atoms with Gasteiger partial charge in [0.1, 0.15) is 5.02 Å². The summed E-state index contributed by atoms with van der Waals surface area (Å²) in [6.07, 6.45) is 3.56. The van der Waals surface area contributed by atoms with Crippen molar-refractivity contribution in [2.24, 2.45) is 0 Å². The van der Waals surface area contributed by atoms with Crippen molar-refractivity contribution in [1.82, 2.24) is 14.7 Å². The van der Waals surface area contributed by atoms with E-state index in [1.165, 1.54) is 4.68 Å².